The number of nitrogens with one attached hydrogen (secondary N) is 1. The number of methoxy groups -OCH3 is 1. The van der Waals surface area contributed by atoms with Gasteiger partial charge in [-0.25, -0.2) is 9.89 Å². The van der Waals surface area contributed by atoms with Crippen molar-refractivity contribution in [1.82, 2.24) is 5.32 Å². The molecule has 27 heavy (non-hydrogen) atoms. The minimum absolute atomic E-state index is 0.0381. The number of nitriles is 1. The summed E-state index contributed by atoms with van der Waals surface area (Å²) in [6.07, 6.45) is 1.86. The number of aliphatic imine (C=N–C) groups is 1. The Hall–Kier alpha value is -3.31. The van der Waals surface area contributed by atoms with Crippen molar-refractivity contribution in [2.75, 3.05) is 12.0 Å². The molecule has 0 radical (unpaired) electrons. The van der Waals surface area contributed by atoms with Gasteiger partial charge in [-0.3, -0.25) is 14.9 Å². The average Bonchev–Trinajstić information content (AvgIpc) is 2.96. The number of ether oxygens (including phenoxy) is 1. The predicted molar refractivity (Wildman–Crippen MR) is 104 cm³/mol. The van der Waals surface area contributed by atoms with Gasteiger partial charge >= 0.3 is 0 Å². The number of para-hydroxylation sites is 1. The van der Waals surface area contributed by atoms with Crippen LogP contribution in [0, 0.1) is 11.5 Å². The molecule has 1 atom stereocenters. The van der Waals surface area contributed by atoms with Gasteiger partial charge in [0, 0.05) is 6.42 Å². The highest BCUT2D eigenvalue weighted by atomic mass is 32.2. The molecular weight excluding hydrogens is 364 g/mol. The van der Waals surface area contributed by atoms with E-state index in [1.807, 2.05) is 24.4 Å². The summed E-state index contributed by atoms with van der Waals surface area (Å²) in [6, 6.07) is 15.8. The lowest BCUT2D eigenvalue weighted by Gasteiger charge is -2.15. The zero-order valence-corrected chi connectivity index (χ0v) is 15.3. The molecule has 2 aromatic rings. The Labute approximate surface area is 160 Å². The van der Waals surface area contributed by atoms with E-state index < -0.39 is 5.25 Å². The number of anilines is 1. The zero-order chi connectivity index (χ0) is 19.2. The van der Waals surface area contributed by atoms with Crippen molar-refractivity contribution in [1.29, 1.82) is 5.26 Å². The Bertz CT molecular complexity index is 907. The summed E-state index contributed by atoms with van der Waals surface area (Å²) in [7, 11) is 1.55. The maximum absolute atomic E-state index is 12.8. The SMILES string of the molecule is COc1ccc(N2C(=O)CC(SC(=Nc3ccccc3)NC#N)C2=O)cc1. The third kappa shape index (κ3) is 4.27. The van der Waals surface area contributed by atoms with Crippen LogP contribution in [0.1, 0.15) is 6.42 Å². The largest absolute Gasteiger partial charge is 0.497 e. The summed E-state index contributed by atoms with van der Waals surface area (Å²) in [6.45, 7) is 0. The van der Waals surface area contributed by atoms with Crippen LogP contribution in [0.2, 0.25) is 0 Å². The standard InChI is InChI=1S/C19H16N4O3S/c1-26-15-9-7-14(8-10-15)23-17(24)11-16(18(23)25)27-19(21-12-20)22-13-5-3-2-4-6-13/h2-10,16H,11H2,1H3,(H,21,22). The Morgan fingerprint density at radius 1 is 1.22 bits per heavy atom. The number of benzene rings is 2. The van der Waals surface area contributed by atoms with Crippen LogP contribution in [-0.2, 0) is 9.59 Å². The maximum atomic E-state index is 12.8. The van der Waals surface area contributed by atoms with E-state index in [1.54, 1.807) is 43.5 Å². The van der Waals surface area contributed by atoms with E-state index in [0.29, 0.717) is 17.1 Å². The number of nitrogens with zero attached hydrogens (tertiary/aromatic N) is 3. The smallest absolute Gasteiger partial charge is 0.247 e. The normalized spacial score (nSPS) is 17.0. The van der Waals surface area contributed by atoms with Crippen molar-refractivity contribution < 1.29 is 14.3 Å². The lowest BCUT2D eigenvalue weighted by molar-refractivity contribution is -0.121. The molecule has 0 bridgehead atoms. The van der Waals surface area contributed by atoms with Crippen LogP contribution in [0.5, 0.6) is 5.75 Å². The number of carbonyl (C=O) groups is 2. The van der Waals surface area contributed by atoms with E-state index in [9.17, 15) is 9.59 Å². The van der Waals surface area contributed by atoms with Crippen LogP contribution in [-0.4, -0.2) is 29.3 Å². The number of carbonyl (C=O) groups excluding carboxylic acids is 2. The van der Waals surface area contributed by atoms with Crippen molar-refractivity contribution in [2.45, 2.75) is 11.7 Å². The summed E-state index contributed by atoms with van der Waals surface area (Å²) in [5.41, 5.74) is 1.13. The maximum Gasteiger partial charge on any atom is 0.247 e. The number of imide groups is 1. The van der Waals surface area contributed by atoms with Gasteiger partial charge in [0.15, 0.2) is 11.4 Å². The minimum atomic E-state index is -0.650. The van der Waals surface area contributed by atoms with Gasteiger partial charge in [0.25, 0.3) is 0 Å². The first-order valence-electron chi connectivity index (χ1n) is 8.08. The fraction of sp³-hybridized carbons (Fsp3) is 0.158. The average molecular weight is 380 g/mol. The van der Waals surface area contributed by atoms with Gasteiger partial charge in [-0.15, -0.1) is 0 Å². The molecule has 136 valence electrons. The first kappa shape index (κ1) is 18.5. The monoisotopic (exact) mass is 380 g/mol. The Balaban J connectivity index is 1.78. The number of amidine groups is 1. The molecule has 1 unspecified atom stereocenters. The fourth-order valence-electron chi connectivity index (χ4n) is 2.58. The highest BCUT2D eigenvalue weighted by molar-refractivity contribution is 8.15. The molecule has 7 nitrogen and oxygen atoms in total. The molecule has 3 rings (SSSR count). The molecule has 1 aliphatic heterocycles. The van der Waals surface area contributed by atoms with E-state index in [1.165, 1.54) is 0 Å². The number of amides is 2. The molecule has 1 heterocycles. The predicted octanol–water partition coefficient (Wildman–Crippen LogP) is 2.82. The van der Waals surface area contributed by atoms with E-state index in [4.69, 9.17) is 10.00 Å². The Kier molecular flexibility index (Phi) is 5.74. The molecule has 0 saturated carbocycles. The van der Waals surface area contributed by atoms with Crippen molar-refractivity contribution >= 4 is 40.1 Å². The summed E-state index contributed by atoms with van der Waals surface area (Å²) < 4.78 is 5.10. The zero-order valence-electron chi connectivity index (χ0n) is 14.5. The van der Waals surface area contributed by atoms with Gasteiger partial charge in [0.2, 0.25) is 11.8 Å². The third-order valence-electron chi connectivity index (χ3n) is 3.84. The molecule has 0 aromatic heterocycles. The van der Waals surface area contributed by atoms with Gasteiger partial charge < -0.3 is 4.74 Å². The molecule has 2 amide bonds. The first-order valence-corrected chi connectivity index (χ1v) is 8.96. The van der Waals surface area contributed by atoms with Gasteiger partial charge in [0.05, 0.1) is 18.5 Å². The van der Waals surface area contributed by atoms with Gasteiger partial charge in [-0.2, -0.15) is 5.26 Å². The minimum Gasteiger partial charge on any atom is -0.497 e. The molecule has 1 N–H and O–H groups in total. The van der Waals surface area contributed by atoms with Crippen LogP contribution in [0.3, 0.4) is 0 Å². The number of thioether (sulfide) groups is 1. The highest BCUT2D eigenvalue weighted by Gasteiger charge is 2.40. The van der Waals surface area contributed by atoms with Crippen molar-refractivity contribution in [2.24, 2.45) is 4.99 Å². The van der Waals surface area contributed by atoms with E-state index >= 15 is 0 Å². The van der Waals surface area contributed by atoms with Crippen LogP contribution >= 0.6 is 11.8 Å². The quantitative estimate of drug-likeness (QED) is 0.288. The molecule has 0 aliphatic carbocycles. The fourth-order valence-corrected chi connectivity index (χ4v) is 3.55. The molecule has 0 spiro atoms. The van der Waals surface area contributed by atoms with Gasteiger partial charge in [-0.05, 0) is 36.4 Å². The van der Waals surface area contributed by atoms with E-state index in [-0.39, 0.29) is 23.4 Å². The summed E-state index contributed by atoms with van der Waals surface area (Å²) in [5.74, 6) is 0.00799. The molecule has 1 fully saturated rings. The Morgan fingerprint density at radius 2 is 1.93 bits per heavy atom. The lowest BCUT2D eigenvalue weighted by atomic mass is 10.3. The van der Waals surface area contributed by atoms with Gasteiger partial charge in [0.1, 0.15) is 11.0 Å². The van der Waals surface area contributed by atoms with Crippen molar-refractivity contribution in [3.63, 3.8) is 0 Å². The number of hydrogen-bond acceptors (Lipinski definition) is 6. The van der Waals surface area contributed by atoms with E-state index in [2.05, 4.69) is 10.3 Å². The van der Waals surface area contributed by atoms with E-state index in [0.717, 1.165) is 16.7 Å². The highest BCUT2D eigenvalue weighted by Crippen LogP contribution is 2.31. The summed E-state index contributed by atoms with van der Waals surface area (Å²) in [5, 5.41) is 11.1. The first-order chi connectivity index (χ1) is 13.1. The van der Waals surface area contributed by atoms with Crippen LogP contribution in [0.25, 0.3) is 0 Å². The summed E-state index contributed by atoms with van der Waals surface area (Å²) in [4.78, 5) is 30.6. The van der Waals surface area contributed by atoms with Crippen molar-refractivity contribution in [3.05, 3.63) is 54.6 Å². The van der Waals surface area contributed by atoms with Crippen LogP contribution in [0.15, 0.2) is 59.6 Å². The molecule has 8 heteroatoms. The lowest BCUT2D eigenvalue weighted by Crippen LogP contribution is -2.32. The van der Waals surface area contributed by atoms with Crippen molar-refractivity contribution in [3.8, 4) is 11.9 Å². The topological polar surface area (TPSA) is 94.8 Å². The molecule has 2 aromatic carbocycles. The van der Waals surface area contributed by atoms with Crippen LogP contribution in [0.4, 0.5) is 11.4 Å². The second-order valence-electron chi connectivity index (χ2n) is 5.57. The second kappa shape index (κ2) is 8.38. The van der Waals surface area contributed by atoms with Gasteiger partial charge in [-0.1, -0.05) is 30.0 Å². The molecule has 1 saturated heterocycles. The third-order valence-corrected chi connectivity index (χ3v) is 4.91. The Morgan fingerprint density at radius 3 is 2.56 bits per heavy atom. The van der Waals surface area contributed by atoms with Crippen LogP contribution < -0.4 is 15.0 Å². The second-order valence-corrected chi connectivity index (χ2v) is 6.76. The number of rotatable bonds is 4. The molecular formula is C19H16N4O3S. The molecule has 1 aliphatic rings. The number of hydrogen-bond donors (Lipinski definition) is 1. The summed E-state index contributed by atoms with van der Waals surface area (Å²) >= 11 is 1.07.